The quantitative estimate of drug-likeness (QED) is 0.904. The number of thioether (sulfide) groups is 1. The minimum Gasteiger partial charge on any atom is -0.480 e. The molecule has 0 aromatic heterocycles. The Bertz CT molecular complexity index is 474. The van der Waals surface area contributed by atoms with E-state index in [9.17, 15) is 9.59 Å². The Labute approximate surface area is 115 Å². The van der Waals surface area contributed by atoms with Crippen molar-refractivity contribution in [1.82, 2.24) is 4.90 Å². The molecule has 1 amide bonds. The first-order valence-corrected chi connectivity index (χ1v) is 6.98. The predicted molar refractivity (Wildman–Crippen MR) is 72.1 cm³/mol. The summed E-state index contributed by atoms with van der Waals surface area (Å²) in [5.74, 6) is -0.311. The number of hydrogen-bond donors (Lipinski definition) is 1. The second-order valence-electron chi connectivity index (χ2n) is 4.26. The monoisotopic (exact) mass is 281 g/mol. The highest BCUT2D eigenvalue weighted by Crippen LogP contribution is 2.23. The Morgan fingerprint density at radius 2 is 2.11 bits per heavy atom. The number of aliphatic carboxylic acids is 1. The number of benzene rings is 1. The molecule has 2 rings (SSSR count). The molecule has 102 valence electrons. The number of ether oxygens (including phenoxy) is 1. The Balaban J connectivity index is 2.12. The maximum Gasteiger partial charge on any atom is 0.327 e. The van der Waals surface area contributed by atoms with Gasteiger partial charge in [-0.1, -0.05) is 12.1 Å². The number of rotatable bonds is 4. The van der Waals surface area contributed by atoms with Crippen molar-refractivity contribution in [3.8, 4) is 0 Å². The summed E-state index contributed by atoms with van der Waals surface area (Å²) in [5.41, 5.74) is 1.48. The van der Waals surface area contributed by atoms with Crippen LogP contribution >= 0.6 is 11.8 Å². The van der Waals surface area contributed by atoms with Crippen LogP contribution in [0.5, 0.6) is 0 Å². The van der Waals surface area contributed by atoms with Crippen LogP contribution < -0.4 is 0 Å². The van der Waals surface area contributed by atoms with Crippen molar-refractivity contribution >= 4 is 23.6 Å². The van der Waals surface area contributed by atoms with Crippen LogP contribution in [0, 0.1) is 0 Å². The minimum atomic E-state index is -0.950. The van der Waals surface area contributed by atoms with Crippen LogP contribution in [-0.2, 0) is 16.1 Å². The normalized spacial score (nSPS) is 18.6. The van der Waals surface area contributed by atoms with Gasteiger partial charge in [-0.3, -0.25) is 4.79 Å². The molecule has 19 heavy (non-hydrogen) atoms. The van der Waals surface area contributed by atoms with Gasteiger partial charge in [0.05, 0.1) is 12.5 Å². The third-order valence-electron chi connectivity index (χ3n) is 2.94. The van der Waals surface area contributed by atoms with Gasteiger partial charge in [-0.25, -0.2) is 4.79 Å². The average Bonchev–Trinajstić information content (AvgIpc) is 2.88. The van der Waals surface area contributed by atoms with Gasteiger partial charge in [0.15, 0.2) is 0 Å². The van der Waals surface area contributed by atoms with Crippen molar-refractivity contribution in [2.75, 3.05) is 18.7 Å². The third-order valence-corrected chi connectivity index (χ3v) is 3.95. The highest BCUT2D eigenvalue weighted by molar-refractivity contribution is 7.99. The summed E-state index contributed by atoms with van der Waals surface area (Å²) in [7, 11) is 1.61. The molecule has 1 unspecified atom stereocenters. The fraction of sp³-hybridized carbons (Fsp3) is 0.385. The Morgan fingerprint density at radius 1 is 1.42 bits per heavy atom. The second kappa shape index (κ2) is 6.08. The molecular formula is C13H15NO4S. The number of nitrogens with zero attached hydrogens (tertiary/aromatic N) is 1. The Kier molecular flexibility index (Phi) is 4.44. The maximum absolute atomic E-state index is 12.2. The average molecular weight is 281 g/mol. The van der Waals surface area contributed by atoms with Gasteiger partial charge in [0.25, 0.3) is 5.91 Å². The van der Waals surface area contributed by atoms with Crippen LogP contribution in [0.1, 0.15) is 15.9 Å². The second-order valence-corrected chi connectivity index (χ2v) is 5.26. The number of carbonyl (C=O) groups excluding carboxylic acids is 1. The van der Waals surface area contributed by atoms with Crippen LogP contribution in [0.15, 0.2) is 24.3 Å². The first-order valence-electron chi connectivity index (χ1n) is 5.83. The molecule has 1 heterocycles. The summed E-state index contributed by atoms with van der Waals surface area (Å²) in [4.78, 5) is 24.7. The SMILES string of the molecule is COCc1ccc(C(=O)N2CSCC2C(=O)O)cc1. The van der Waals surface area contributed by atoms with E-state index in [1.165, 1.54) is 16.7 Å². The van der Waals surface area contributed by atoms with Crippen LogP contribution in [-0.4, -0.2) is 46.7 Å². The van der Waals surface area contributed by atoms with E-state index in [1.807, 2.05) is 12.1 Å². The third kappa shape index (κ3) is 3.08. The molecule has 5 nitrogen and oxygen atoms in total. The van der Waals surface area contributed by atoms with E-state index in [0.29, 0.717) is 23.8 Å². The van der Waals surface area contributed by atoms with Crippen LogP contribution in [0.2, 0.25) is 0 Å². The van der Waals surface area contributed by atoms with Gasteiger partial charge in [0, 0.05) is 18.4 Å². The summed E-state index contributed by atoms with van der Waals surface area (Å²) in [6, 6.07) is 6.32. The molecule has 1 aliphatic rings. The summed E-state index contributed by atoms with van der Waals surface area (Å²) in [6.07, 6.45) is 0. The number of methoxy groups -OCH3 is 1. The first kappa shape index (κ1) is 13.9. The highest BCUT2D eigenvalue weighted by atomic mass is 32.2. The number of carboxylic acid groups (broad SMARTS) is 1. The van der Waals surface area contributed by atoms with E-state index in [4.69, 9.17) is 9.84 Å². The molecular weight excluding hydrogens is 266 g/mol. The molecule has 0 saturated carbocycles. The molecule has 1 atom stereocenters. The molecule has 0 aliphatic carbocycles. The van der Waals surface area contributed by atoms with Crippen molar-refractivity contribution in [2.45, 2.75) is 12.6 Å². The lowest BCUT2D eigenvalue weighted by Crippen LogP contribution is -2.41. The van der Waals surface area contributed by atoms with Crippen molar-refractivity contribution in [2.24, 2.45) is 0 Å². The fourth-order valence-electron chi connectivity index (χ4n) is 1.92. The summed E-state index contributed by atoms with van der Waals surface area (Å²) in [5, 5.41) is 9.07. The standard InChI is InChI=1S/C13H15NO4S/c1-18-6-9-2-4-10(5-3-9)12(15)14-8-19-7-11(14)13(16)17/h2-5,11H,6-8H2,1H3,(H,16,17). The molecule has 1 fully saturated rings. The molecule has 0 bridgehead atoms. The molecule has 1 saturated heterocycles. The van der Waals surface area contributed by atoms with Crippen molar-refractivity contribution in [3.05, 3.63) is 35.4 Å². The number of carbonyl (C=O) groups is 2. The molecule has 1 N–H and O–H groups in total. The van der Waals surface area contributed by atoms with Gasteiger partial charge >= 0.3 is 5.97 Å². The smallest absolute Gasteiger partial charge is 0.327 e. The number of carboxylic acids is 1. The van der Waals surface area contributed by atoms with Gasteiger partial charge in [0.1, 0.15) is 6.04 Å². The van der Waals surface area contributed by atoms with E-state index in [1.54, 1.807) is 19.2 Å². The van der Waals surface area contributed by atoms with E-state index in [0.717, 1.165) is 5.56 Å². The Hall–Kier alpha value is -1.53. The summed E-state index contributed by atoms with van der Waals surface area (Å²) < 4.78 is 5.00. The van der Waals surface area contributed by atoms with Crippen LogP contribution in [0.25, 0.3) is 0 Å². The van der Waals surface area contributed by atoms with Gasteiger partial charge < -0.3 is 14.7 Å². The van der Waals surface area contributed by atoms with Gasteiger partial charge in [-0.2, -0.15) is 0 Å². The van der Waals surface area contributed by atoms with Gasteiger partial charge in [-0.15, -0.1) is 11.8 Å². The molecule has 0 spiro atoms. The summed E-state index contributed by atoms with van der Waals surface area (Å²) in [6.45, 7) is 0.492. The van der Waals surface area contributed by atoms with E-state index in [2.05, 4.69) is 0 Å². The fourth-order valence-corrected chi connectivity index (χ4v) is 3.07. The van der Waals surface area contributed by atoms with Crippen molar-refractivity contribution in [3.63, 3.8) is 0 Å². The minimum absolute atomic E-state index is 0.235. The van der Waals surface area contributed by atoms with E-state index < -0.39 is 12.0 Å². The van der Waals surface area contributed by atoms with Crippen LogP contribution in [0.3, 0.4) is 0 Å². The Morgan fingerprint density at radius 3 is 2.68 bits per heavy atom. The maximum atomic E-state index is 12.2. The lowest BCUT2D eigenvalue weighted by molar-refractivity contribution is -0.140. The zero-order chi connectivity index (χ0) is 13.8. The number of hydrogen-bond acceptors (Lipinski definition) is 4. The van der Waals surface area contributed by atoms with Crippen molar-refractivity contribution < 1.29 is 19.4 Å². The largest absolute Gasteiger partial charge is 0.480 e. The van der Waals surface area contributed by atoms with E-state index >= 15 is 0 Å². The predicted octanol–water partition coefficient (Wildman–Crippen LogP) is 1.43. The lowest BCUT2D eigenvalue weighted by atomic mass is 10.1. The number of amides is 1. The van der Waals surface area contributed by atoms with Gasteiger partial charge in [-0.05, 0) is 17.7 Å². The topological polar surface area (TPSA) is 66.8 Å². The molecule has 6 heteroatoms. The molecule has 1 aromatic carbocycles. The van der Waals surface area contributed by atoms with Crippen molar-refractivity contribution in [1.29, 1.82) is 0 Å². The highest BCUT2D eigenvalue weighted by Gasteiger charge is 2.34. The summed E-state index contributed by atoms with van der Waals surface area (Å²) >= 11 is 1.46. The van der Waals surface area contributed by atoms with Gasteiger partial charge in [0.2, 0.25) is 0 Å². The van der Waals surface area contributed by atoms with E-state index in [-0.39, 0.29) is 5.91 Å². The lowest BCUT2D eigenvalue weighted by Gasteiger charge is -2.20. The zero-order valence-corrected chi connectivity index (χ0v) is 11.4. The first-order chi connectivity index (χ1) is 9.13. The zero-order valence-electron chi connectivity index (χ0n) is 10.5. The molecule has 1 aliphatic heterocycles. The molecule has 1 aromatic rings. The molecule has 0 radical (unpaired) electrons. The van der Waals surface area contributed by atoms with Crippen LogP contribution in [0.4, 0.5) is 0 Å².